The molecule has 1 N–H and O–H groups in total. The van der Waals surface area contributed by atoms with Crippen molar-refractivity contribution in [1.82, 2.24) is 15.0 Å². The second kappa shape index (κ2) is 9.58. The molecule has 0 saturated heterocycles. The predicted octanol–water partition coefficient (Wildman–Crippen LogP) is 5.20. The number of aliphatic hydroxyl groups is 1. The van der Waals surface area contributed by atoms with E-state index in [1.54, 1.807) is 25.1 Å². The molecule has 0 aliphatic carbocycles. The summed E-state index contributed by atoms with van der Waals surface area (Å²) in [5, 5.41) is 11.2. The standard InChI is InChI=1S/C26H22F2N3O.Pt/c1-25(2,20-12-7-11-19(29-20)18-15-16-23(27)31-24(18)28)21-13-8-14-22(30-21)26(3,32)17-9-5-4-6-10-17;/h4-14,16,32H,1-3H3;/q-1;. The van der Waals surface area contributed by atoms with Crippen molar-refractivity contribution in [2.45, 2.75) is 31.8 Å². The number of pyridine rings is 3. The van der Waals surface area contributed by atoms with Crippen LogP contribution in [0.3, 0.4) is 0 Å². The zero-order chi connectivity index (χ0) is 22.9. The molecule has 0 radical (unpaired) electrons. The molecule has 3 heterocycles. The molecule has 4 nitrogen and oxygen atoms in total. The Morgan fingerprint density at radius 2 is 1.36 bits per heavy atom. The van der Waals surface area contributed by atoms with E-state index in [1.807, 2.05) is 62.4 Å². The van der Waals surface area contributed by atoms with Crippen LogP contribution in [0.1, 0.15) is 43.4 Å². The molecule has 3 aromatic heterocycles. The van der Waals surface area contributed by atoms with E-state index >= 15 is 0 Å². The Kier molecular flexibility index (Phi) is 7.20. The molecule has 0 aliphatic rings. The fraction of sp³-hybridized carbons (Fsp3) is 0.192. The monoisotopic (exact) mass is 625 g/mol. The number of nitrogens with zero attached hydrogens (tertiary/aromatic N) is 3. The van der Waals surface area contributed by atoms with Gasteiger partial charge in [-0.1, -0.05) is 60.2 Å². The molecular formula is C26H22F2N3OPt-. The summed E-state index contributed by atoms with van der Waals surface area (Å²) >= 11 is 0. The maximum atomic E-state index is 14.2. The maximum absolute atomic E-state index is 14.2. The fourth-order valence-corrected chi connectivity index (χ4v) is 3.57. The number of halogens is 2. The van der Waals surface area contributed by atoms with Gasteiger partial charge in [-0.25, -0.2) is 8.78 Å². The Morgan fingerprint density at radius 3 is 2.03 bits per heavy atom. The second-order valence-corrected chi connectivity index (χ2v) is 8.27. The van der Waals surface area contributed by atoms with Gasteiger partial charge in [0.1, 0.15) is 17.5 Å². The van der Waals surface area contributed by atoms with Crippen molar-refractivity contribution in [2.75, 3.05) is 0 Å². The number of benzene rings is 1. The van der Waals surface area contributed by atoms with Crippen LogP contribution in [-0.2, 0) is 32.1 Å². The van der Waals surface area contributed by atoms with E-state index in [1.165, 1.54) is 0 Å². The van der Waals surface area contributed by atoms with Crippen molar-refractivity contribution < 1.29 is 35.0 Å². The topological polar surface area (TPSA) is 58.9 Å². The molecule has 0 saturated carbocycles. The van der Waals surface area contributed by atoms with Crippen LogP contribution >= 0.6 is 0 Å². The summed E-state index contributed by atoms with van der Waals surface area (Å²) in [6.07, 6.45) is 0. The molecule has 0 amide bonds. The van der Waals surface area contributed by atoms with Crippen LogP contribution in [0.5, 0.6) is 0 Å². The van der Waals surface area contributed by atoms with Crippen molar-refractivity contribution in [3.8, 4) is 11.3 Å². The normalized spacial score (nSPS) is 13.2. The maximum Gasteiger partial charge on any atom is 0.129 e. The molecule has 172 valence electrons. The average Bonchev–Trinajstić information content (AvgIpc) is 2.80. The average molecular weight is 626 g/mol. The molecule has 7 heteroatoms. The molecule has 1 unspecified atom stereocenters. The van der Waals surface area contributed by atoms with Gasteiger partial charge in [0.25, 0.3) is 0 Å². The van der Waals surface area contributed by atoms with Crippen LogP contribution in [-0.4, -0.2) is 20.1 Å². The van der Waals surface area contributed by atoms with Crippen molar-refractivity contribution in [1.29, 1.82) is 0 Å². The first kappa shape index (κ1) is 24.8. The third-order valence-electron chi connectivity index (χ3n) is 5.62. The number of rotatable bonds is 5. The number of hydrogen-bond acceptors (Lipinski definition) is 4. The largest absolute Gasteiger partial charge is 0.379 e. The molecule has 1 atom stereocenters. The van der Waals surface area contributed by atoms with E-state index in [2.05, 4.69) is 16.0 Å². The van der Waals surface area contributed by atoms with Gasteiger partial charge < -0.3 is 10.1 Å². The van der Waals surface area contributed by atoms with Crippen LogP contribution in [0.25, 0.3) is 11.3 Å². The fourth-order valence-electron chi connectivity index (χ4n) is 3.57. The number of aromatic nitrogens is 3. The first-order valence-electron chi connectivity index (χ1n) is 10.2. The van der Waals surface area contributed by atoms with E-state index in [0.717, 1.165) is 11.6 Å². The van der Waals surface area contributed by atoms with Crippen LogP contribution in [0.4, 0.5) is 8.78 Å². The van der Waals surface area contributed by atoms with Crippen LogP contribution < -0.4 is 0 Å². The Morgan fingerprint density at radius 1 is 0.758 bits per heavy atom. The minimum Gasteiger partial charge on any atom is -0.379 e. The van der Waals surface area contributed by atoms with E-state index in [4.69, 9.17) is 4.98 Å². The summed E-state index contributed by atoms with van der Waals surface area (Å²) in [6, 6.07) is 23.6. The van der Waals surface area contributed by atoms with E-state index in [9.17, 15) is 13.9 Å². The molecule has 33 heavy (non-hydrogen) atoms. The Hall–Kier alpha value is -2.82. The van der Waals surface area contributed by atoms with Crippen molar-refractivity contribution in [3.05, 3.63) is 113 Å². The van der Waals surface area contributed by atoms with E-state index in [0.29, 0.717) is 22.8 Å². The quantitative estimate of drug-likeness (QED) is 0.245. The smallest absolute Gasteiger partial charge is 0.129 e. The minimum absolute atomic E-state index is 0. The van der Waals surface area contributed by atoms with Gasteiger partial charge in [0.05, 0.1) is 11.4 Å². The first-order chi connectivity index (χ1) is 15.2. The molecule has 4 rings (SSSR count). The van der Waals surface area contributed by atoms with Gasteiger partial charge in [-0.2, -0.15) is 0 Å². The van der Waals surface area contributed by atoms with Crippen molar-refractivity contribution in [3.63, 3.8) is 0 Å². The van der Waals surface area contributed by atoms with Gasteiger partial charge in [0.2, 0.25) is 0 Å². The summed E-state index contributed by atoms with van der Waals surface area (Å²) in [5.74, 6) is -1.90. The molecular weight excluding hydrogens is 603 g/mol. The molecule has 0 bridgehead atoms. The summed E-state index contributed by atoms with van der Waals surface area (Å²) in [6.45, 7) is 5.61. The van der Waals surface area contributed by atoms with Gasteiger partial charge >= 0.3 is 0 Å². The Bertz CT molecular complexity index is 1260. The summed E-state index contributed by atoms with van der Waals surface area (Å²) in [4.78, 5) is 12.6. The Labute approximate surface area is 206 Å². The van der Waals surface area contributed by atoms with Gasteiger partial charge in [0, 0.05) is 32.2 Å². The number of hydrogen-bond donors (Lipinski definition) is 1. The third kappa shape index (κ3) is 4.92. The SMILES string of the molecule is CC(C)(c1cccc(-c2[c-]cc(F)nc2F)n1)c1cccc(C(C)(O)c2ccccc2)n1.[Pt]. The van der Waals surface area contributed by atoms with E-state index < -0.39 is 22.9 Å². The van der Waals surface area contributed by atoms with Gasteiger partial charge in [-0.15, -0.1) is 6.07 Å². The first-order valence-corrected chi connectivity index (χ1v) is 10.2. The zero-order valence-corrected chi connectivity index (χ0v) is 20.6. The van der Waals surface area contributed by atoms with Crippen LogP contribution in [0.15, 0.2) is 72.8 Å². The molecule has 4 aromatic rings. The van der Waals surface area contributed by atoms with Crippen LogP contribution in [0, 0.1) is 18.0 Å². The zero-order valence-electron chi connectivity index (χ0n) is 18.3. The predicted molar refractivity (Wildman–Crippen MR) is 118 cm³/mol. The van der Waals surface area contributed by atoms with E-state index in [-0.39, 0.29) is 26.6 Å². The molecule has 1 aromatic carbocycles. The summed E-state index contributed by atoms with van der Waals surface area (Å²) in [5.41, 5.74) is 0.924. The summed E-state index contributed by atoms with van der Waals surface area (Å²) < 4.78 is 27.3. The minimum atomic E-state index is -1.28. The van der Waals surface area contributed by atoms with Gasteiger partial charge in [-0.05, 0) is 50.2 Å². The van der Waals surface area contributed by atoms with Crippen molar-refractivity contribution >= 4 is 0 Å². The van der Waals surface area contributed by atoms with Gasteiger partial charge in [-0.3, -0.25) is 9.97 Å². The Balaban J connectivity index is 0.00000306. The molecule has 0 fully saturated rings. The second-order valence-electron chi connectivity index (χ2n) is 8.27. The molecule has 0 aliphatic heterocycles. The van der Waals surface area contributed by atoms with Gasteiger partial charge in [0.15, 0.2) is 0 Å². The van der Waals surface area contributed by atoms with Crippen molar-refractivity contribution in [2.24, 2.45) is 0 Å². The summed E-state index contributed by atoms with van der Waals surface area (Å²) in [7, 11) is 0. The van der Waals surface area contributed by atoms with Crippen LogP contribution in [0.2, 0.25) is 0 Å². The molecule has 0 spiro atoms. The third-order valence-corrected chi connectivity index (χ3v) is 5.62.